The molecule has 1 saturated carbocycles. The fourth-order valence-electron chi connectivity index (χ4n) is 5.63. The summed E-state index contributed by atoms with van der Waals surface area (Å²) in [4.78, 5) is 11.8. The molecule has 0 saturated heterocycles. The van der Waals surface area contributed by atoms with Gasteiger partial charge in [0.2, 0.25) is 0 Å². The van der Waals surface area contributed by atoms with Gasteiger partial charge in [-0.05, 0) is 43.4 Å². The number of nitriles is 1. The minimum atomic E-state index is -0.723. The number of carbonyl (C=O) groups is 1. The van der Waals surface area contributed by atoms with Crippen molar-refractivity contribution in [2.45, 2.75) is 143 Å². The van der Waals surface area contributed by atoms with Crippen molar-refractivity contribution >= 4 is 6.29 Å². The summed E-state index contributed by atoms with van der Waals surface area (Å²) in [5.41, 5.74) is -0.723. The van der Waals surface area contributed by atoms with E-state index in [4.69, 9.17) is 0 Å². The summed E-state index contributed by atoms with van der Waals surface area (Å²) in [5.74, 6) is 2.67. The molecule has 2 unspecified atom stereocenters. The van der Waals surface area contributed by atoms with E-state index in [0.717, 1.165) is 56.1 Å². The summed E-state index contributed by atoms with van der Waals surface area (Å²) >= 11 is 0. The molecule has 2 nitrogen and oxygen atoms in total. The Morgan fingerprint density at radius 1 is 0.833 bits per heavy atom. The SMILES string of the molecule is CCCCCCCC(C#N)(C=O)CCCC(CCCC)C1CCC(CCCC)CC1. The van der Waals surface area contributed by atoms with Crippen LogP contribution in [0.15, 0.2) is 0 Å². The smallest absolute Gasteiger partial charge is 0.140 e. The van der Waals surface area contributed by atoms with Gasteiger partial charge in [-0.25, -0.2) is 0 Å². The van der Waals surface area contributed by atoms with Crippen LogP contribution < -0.4 is 0 Å². The van der Waals surface area contributed by atoms with Crippen molar-refractivity contribution in [3.8, 4) is 6.07 Å². The fraction of sp³-hybridized carbons (Fsp3) is 0.929. The van der Waals surface area contributed by atoms with Gasteiger partial charge in [0, 0.05) is 0 Å². The average Bonchev–Trinajstić information content (AvgIpc) is 2.79. The van der Waals surface area contributed by atoms with Crippen LogP contribution in [0, 0.1) is 34.5 Å². The maximum absolute atomic E-state index is 11.8. The molecule has 0 bridgehead atoms. The van der Waals surface area contributed by atoms with E-state index in [0.29, 0.717) is 0 Å². The number of rotatable bonds is 18. The minimum absolute atomic E-state index is 0.723. The molecule has 0 aliphatic heterocycles. The first-order valence-electron chi connectivity index (χ1n) is 13.5. The lowest BCUT2D eigenvalue weighted by atomic mass is 9.71. The minimum Gasteiger partial charge on any atom is -0.302 e. The summed E-state index contributed by atoms with van der Waals surface area (Å²) in [6.45, 7) is 6.82. The second-order valence-corrected chi connectivity index (χ2v) is 10.3. The van der Waals surface area contributed by atoms with Gasteiger partial charge in [0.1, 0.15) is 11.7 Å². The molecule has 0 amide bonds. The topological polar surface area (TPSA) is 40.9 Å². The molecule has 0 aromatic rings. The van der Waals surface area contributed by atoms with Crippen molar-refractivity contribution in [2.75, 3.05) is 0 Å². The Balaban J connectivity index is 2.49. The Labute approximate surface area is 188 Å². The number of hydrogen-bond acceptors (Lipinski definition) is 2. The van der Waals surface area contributed by atoms with Crippen LogP contribution in [-0.4, -0.2) is 6.29 Å². The van der Waals surface area contributed by atoms with E-state index < -0.39 is 5.41 Å². The van der Waals surface area contributed by atoms with Gasteiger partial charge in [-0.3, -0.25) is 0 Å². The lowest BCUT2D eigenvalue weighted by Gasteiger charge is -2.34. The summed E-state index contributed by atoms with van der Waals surface area (Å²) in [6.07, 6.45) is 24.5. The molecule has 1 fully saturated rings. The van der Waals surface area contributed by atoms with E-state index in [1.807, 2.05) is 0 Å². The van der Waals surface area contributed by atoms with Gasteiger partial charge in [0.25, 0.3) is 0 Å². The maximum atomic E-state index is 11.8. The molecule has 174 valence electrons. The number of unbranched alkanes of at least 4 members (excludes halogenated alkanes) is 6. The number of hydrogen-bond donors (Lipinski definition) is 0. The second kappa shape index (κ2) is 16.8. The van der Waals surface area contributed by atoms with Crippen molar-refractivity contribution in [1.29, 1.82) is 5.26 Å². The molecule has 2 atom stereocenters. The monoisotopic (exact) mass is 417 g/mol. The zero-order valence-corrected chi connectivity index (χ0v) is 20.6. The van der Waals surface area contributed by atoms with Crippen LogP contribution in [-0.2, 0) is 4.79 Å². The largest absolute Gasteiger partial charge is 0.302 e. The average molecular weight is 418 g/mol. The van der Waals surface area contributed by atoms with Crippen molar-refractivity contribution in [3.63, 3.8) is 0 Å². The Bertz CT molecular complexity index is 460. The van der Waals surface area contributed by atoms with Crippen molar-refractivity contribution in [2.24, 2.45) is 23.2 Å². The molecule has 0 heterocycles. The number of aldehydes is 1. The van der Waals surface area contributed by atoms with Crippen LogP contribution in [0.2, 0.25) is 0 Å². The highest BCUT2D eigenvalue weighted by atomic mass is 16.1. The molecule has 1 aliphatic carbocycles. The third-order valence-corrected chi connectivity index (χ3v) is 7.82. The van der Waals surface area contributed by atoms with Crippen LogP contribution in [0.25, 0.3) is 0 Å². The second-order valence-electron chi connectivity index (χ2n) is 10.3. The number of carbonyl (C=O) groups excluding carboxylic acids is 1. The first-order valence-corrected chi connectivity index (χ1v) is 13.5. The summed E-state index contributed by atoms with van der Waals surface area (Å²) < 4.78 is 0. The first-order chi connectivity index (χ1) is 14.6. The van der Waals surface area contributed by atoms with Crippen LogP contribution in [0.3, 0.4) is 0 Å². The maximum Gasteiger partial charge on any atom is 0.140 e. The molecule has 2 heteroatoms. The zero-order valence-electron chi connectivity index (χ0n) is 20.6. The van der Waals surface area contributed by atoms with Gasteiger partial charge in [0.05, 0.1) is 6.07 Å². The van der Waals surface area contributed by atoms with E-state index in [-0.39, 0.29) is 0 Å². The first kappa shape index (κ1) is 27.2. The van der Waals surface area contributed by atoms with Gasteiger partial charge in [-0.15, -0.1) is 0 Å². The Morgan fingerprint density at radius 2 is 1.43 bits per heavy atom. The lowest BCUT2D eigenvalue weighted by Crippen LogP contribution is -2.24. The highest BCUT2D eigenvalue weighted by Gasteiger charge is 2.31. The highest BCUT2D eigenvalue weighted by molar-refractivity contribution is 5.63. The van der Waals surface area contributed by atoms with Crippen molar-refractivity contribution < 1.29 is 4.79 Å². The molecular formula is C28H51NO. The molecule has 1 aliphatic rings. The predicted octanol–water partition coefficient (Wildman–Crippen LogP) is 9.03. The molecule has 0 radical (unpaired) electrons. The Morgan fingerprint density at radius 3 is 2.03 bits per heavy atom. The van der Waals surface area contributed by atoms with E-state index in [9.17, 15) is 10.1 Å². The third kappa shape index (κ3) is 10.5. The van der Waals surface area contributed by atoms with Gasteiger partial charge in [-0.1, -0.05) is 117 Å². The predicted molar refractivity (Wildman–Crippen MR) is 129 cm³/mol. The molecule has 1 rings (SSSR count). The quantitative estimate of drug-likeness (QED) is 0.165. The fourth-order valence-corrected chi connectivity index (χ4v) is 5.63. The number of nitrogens with zero attached hydrogens (tertiary/aromatic N) is 1. The highest BCUT2D eigenvalue weighted by Crippen LogP contribution is 2.40. The standard InChI is InChI=1S/C28H51NO/c1-4-7-10-11-12-21-28(23-29,24-30)22-13-16-26(15-9-6-3)27-19-17-25(18-20-27)14-8-5-2/h24-27H,4-22H2,1-3H3. The summed E-state index contributed by atoms with van der Waals surface area (Å²) in [6, 6.07) is 2.41. The Kier molecular flexibility index (Phi) is 15.2. The van der Waals surface area contributed by atoms with Crippen molar-refractivity contribution in [3.05, 3.63) is 0 Å². The molecule has 0 aromatic heterocycles. The van der Waals surface area contributed by atoms with E-state index in [1.54, 1.807) is 0 Å². The van der Waals surface area contributed by atoms with E-state index in [1.165, 1.54) is 89.9 Å². The molecule has 0 N–H and O–H groups in total. The van der Waals surface area contributed by atoms with E-state index >= 15 is 0 Å². The molecule has 30 heavy (non-hydrogen) atoms. The van der Waals surface area contributed by atoms with Gasteiger partial charge >= 0.3 is 0 Å². The summed E-state index contributed by atoms with van der Waals surface area (Å²) in [7, 11) is 0. The van der Waals surface area contributed by atoms with Crippen molar-refractivity contribution in [1.82, 2.24) is 0 Å². The third-order valence-electron chi connectivity index (χ3n) is 7.82. The van der Waals surface area contributed by atoms with Crippen LogP contribution in [0.4, 0.5) is 0 Å². The normalized spacial score (nSPS) is 22.2. The van der Waals surface area contributed by atoms with Crippen LogP contribution >= 0.6 is 0 Å². The molecule has 0 spiro atoms. The van der Waals surface area contributed by atoms with Gasteiger partial charge in [-0.2, -0.15) is 5.26 Å². The molecular weight excluding hydrogens is 366 g/mol. The van der Waals surface area contributed by atoms with Crippen LogP contribution in [0.5, 0.6) is 0 Å². The summed E-state index contributed by atoms with van der Waals surface area (Å²) in [5, 5.41) is 9.75. The molecule has 0 aromatic carbocycles. The van der Waals surface area contributed by atoms with Crippen LogP contribution in [0.1, 0.15) is 143 Å². The van der Waals surface area contributed by atoms with Gasteiger partial charge < -0.3 is 4.79 Å². The van der Waals surface area contributed by atoms with E-state index in [2.05, 4.69) is 26.8 Å². The Hall–Kier alpha value is -0.840. The lowest BCUT2D eigenvalue weighted by molar-refractivity contribution is -0.114. The van der Waals surface area contributed by atoms with Gasteiger partial charge in [0.15, 0.2) is 0 Å². The zero-order chi connectivity index (χ0) is 22.1.